The lowest BCUT2D eigenvalue weighted by Gasteiger charge is -2.23. The van der Waals surface area contributed by atoms with Crippen molar-refractivity contribution in [3.05, 3.63) is 40.5 Å². The van der Waals surface area contributed by atoms with Gasteiger partial charge in [0.1, 0.15) is 0 Å². The molecule has 0 bridgehead atoms. The Balaban J connectivity index is 1.80. The summed E-state index contributed by atoms with van der Waals surface area (Å²) in [5.74, 6) is 2.45. The number of fused-ring (bicyclic) bond motifs is 1. The Labute approximate surface area is 167 Å². The number of thiophene rings is 1. The zero-order chi connectivity index (χ0) is 18.1. The molecule has 1 aliphatic rings. The van der Waals surface area contributed by atoms with E-state index in [1.54, 1.807) is 0 Å². The first-order valence-corrected chi connectivity index (χ1v) is 11.1. The first-order chi connectivity index (χ1) is 12.6. The third-order valence-electron chi connectivity index (χ3n) is 4.30. The van der Waals surface area contributed by atoms with Crippen molar-refractivity contribution in [1.82, 2.24) is 10.2 Å². The first kappa shape index (κ1) is 17.8. The summed E-state index contributed by atoms with van der Waals surface area (Å²) in [7, 11) is 0. The zero-order valence-electron chi connectivity index (χ0n) is 13.9. The maximum atomic E-state index is 11.8. The van der Waals surface area contributed by atoms with Gasteiger partial charge in [-0.3, -0.25) is 4.79 Å². The topological polar surface area (TPSA) is 80.9 Å². The molecular formula is C18H17BrN4OS2. The van der Waals surface area contributed by atoms with E-state index in [-0.39, 0.29) is 5.69 Å². The lowest BCUT2D eigenvalue weighted by atomic mass is 10.1. The van der Waals surface area contributed by atoms with Crippen LogP contribution in [0.15, 0.2) is 34.8 Å². The molecule has 0 spiro atoms. The number of hydrogen-bond acceptors (Lipinski definition) is 6. The molecule has 2 aromatic heterocycles. The number of aromatic nitrogens is 2. The van der Waals surface area contributed by atoms with Gasteiger partial charge < -0.3 is 11.1 Å². The highest BCUT2D eigenvalue weighted by molar-refractivity contribution is 9.10. The quantitative estimate of drug-likeness (QED) is 0.612. The number of thioether (sulfide) groups is 1. The third-order valence-corrected chi connectivity index (χ3v) is 7.20. The van der Waals surface area contributed by atoms with Gasteiger partial charge in [0.2, 0.25) is 0 Å². The number of nitrogens with one attached hydrogen (secondary N) is 1. The lowest BCUT2D eigenvalue weighted by molar-refractivity contribution is 0.0996. The fourth-order valence-electron chi connectivity index (χ4n) is 3.04. The number of anilines is 1. The van der Waals surface area contributed by atoms with Crippen LogP contribution in [0.3, 0.4) is 0 Å². The van der Waals surface area contributed by atoms with Crippen molar-refractivity contribution in [2.75, 3.05) is 16.8 Å². The number of nitrogens with zero attached hydrogens (tertiary/aromatic N) is 2. The van der Waals surface area contributed by atoms with Crippen molar-refractivity contribution in [2.24, 2.45) is 5.73 Å². The number of benzene rings is 1. The molecule has 1 aliphatic heterocycles. The summed E-state index contributed by atoms with van der Waals surface area (Å²) in [4.78, 5) is 12.9. The maximum absolute atomic E-state index is 11.8. The van der Waals surface area contributed by atoms with Gasteiger partial charge in [0.25, 0.3) is 5.91 Å². The summed E-state index contributed by atoms with van der Waals surface area (Å²) < 4.78 is 1.80. The molecule has 1 unspecified atom stereocenters. The number of primary amides is 1. The molecule has 1 atom stereocenters. The first-order valence-electron chi connectivity index (χ1n) is 8.32. The molecule has 3 heterocycles. The Kier molecular flexibility index (Phi) is 5.15. The van der Waals surface area contributed by atoms with Crippen molar-refractivity contribution in [1.29, 1.82) is 0 Å². The third kappa shape index (κ3) is 3.58. The van der Waals surface area contributed by atoms with Crippen LogP contribution in [0.5, 0.6) is 0 Å². The summed E-state index contributed by atoms with van der Waals surface area (Å²) in [6.07, 6.45) is 2.32. The Hall–Kier alpha value is -1.64. The Bertz CT molecular complexity index is 969. The monoisotopic (exact) mass is 448 g/mol. The Morgan fingerprint density at radius 3 is 2.92 bits per heavy atom. The van der Waals surface area contributed by atoms with Gasteiger partial charge in [-0.15, -0.1) is 21.5 Å². The lowest BCUT2D eigenvalue weighted by Crippen LogP contribution is -2.26. The van der Waals surface area contributed by atoms with E-state index in [9.17, 15) is 4.79 Å². The smallest absolute Gasteiger partial charge is 0.270 e. The van der Waals surface area contributed by atoms with Crippen LogP contribution in [0, 0.1) is 0 Å². The average molecular weight is 449 g/mol. The van der Waals surface area contributed by atoms with Crippen LogP contribution in [0.2, 0.25) is 0 Å². The fourth-order valence-corrected chi connectivity index (χ4v) is 5.66. The van der Waals surface area contributed by atoms with E-state index in [0.29, 0.717) is 6.04 Å². The molecule has 0 saturated carbocycles. The highest BCUT2D eigenvalue weighted by Gasteiger charge is 2.20. The largest absolute Gasteiger partial charge is 0.364 e. The second-order valence-corrected chi connectivity index (χ2v) is 9.30. The van der Waals surface area contributed by atoms with Gasteiger partial charge in [-0.2, -0.15) is 11.8 Å². The van der Waals surface area contributed by atoms with Crippen LogP contribution >= 0.6 is 39.0 Å². The fraction of sp³-hybridized carbons (Fsp3) is 0.278. The minimum absolute atomic E-state index is 0.231. The Morgan fingerprint density at radius 2 is 2.19 bits per heavy atom. The van der Waals surface area contributed by atoms with E-state index in [0.717, 1.165) is 43.0 Å². The normalized spacial score (nSPS) is 17.3. The average Bonchev–Trinajstić information content (AvgIpc) is 3.08. The highest BCUT2D eigenvalue weighted by atomic mass is 79.9. The van der Waals surface area contributed by atoms with Crippen LogP contribution in [0.1, 0.15) is 23.3 Å². The minimum Gasteiger partial charge on any atom is -0.364 e. The standard InChI is InChI=1S/C18H17BrN4OS2/c19-11-4-1-3-10(7-11)14-8-13-16(26-14)15(17(20)24)22-23-18(13)21-12-5-2-6-25-9-12/h1,3-4,7-8,12H,2,5-6,9H2,(H2,20,24)(H,21,23). The van der Waals surface area contributed by atoms with Gasteiger partial charge in [-0.1, -0.05) is 28.1 Å². The van der Waals surface area contributed by atoms with Crippen molar-refractivity contribution < 1.29 is 4.79 Å². The molecule has 1 aromatic carbocycles. The van der Waals surface area contributed by atoms with Crippen molar-refractivity contribution >= 4 is 60.8 Å². The van der Waals surface area contributed by atoms with Gasteiger partial charge >= 0.3 is 0 Å². The number of halogens is 1. The molecule has 3 aromatic rings. The molecule has 4 rings (SSSR count). The van der Waals surface area contributed by atoms with E-state index in [1.165, 1.54) is 23.5 Å². The summed E-state index contributed by atoms with van der Waals surface area (Å²) in [5.41, 5.74) is 6.83. The molecule has 0 aliphatic carbocycles. The number of nitrogens with two attached hydrogens (primary N) is 1. The van der Waals surface area contributed by atoms with E-state index in [4.69, 9.17) is 5.73 Å². The second-order valence-electron chi connectivity index (χ2n) is 6.18. The zero-order valence-corrected chi connectivity index (χ0v) is 17.1. The summed E-state index contributed by atoms with van der Waals surface area (Å²) in [6, 6.07) is 10.5. The van der Waals surface area contributed by atoms with Crippen molar-refractivity contribution in [2.45, 2.75) is 18.9 Å². The van der Waals surface area contributed by atoms with Gasteiger partial charge in [0.05, 0.1) is 4.70 Å². The molecule has 5 nitrogen and oxygen atoms in total. The SMILES string of the molecule is NC(=O)c1nnc(NC2CCCSC2)c2cc(-c3cccc(Br)c3)sc12. The van der Waals surface area contributed by atoms with Crippen LogP contribution < -0.4 is 11.1 Å². The van der Waals surface area contributed by atoms with Gasteiger partial charge in [-0.25, -0.2) is 0 Å². The molecule has 134 valence electrons. The van der Waals surface area contributed by atoms with Crippen LogP contribution in [-0.4, -0.2) is 33.7 Å². The predicted octanol–water partition coefficient (Wildman–Crippen LogP) is 4.53. The van der Waals surface area contributed by atoms with E-state index >= 15 is 0 Å². The molecule has 3 N–H and O–H groups in total. The predicted molar refractivity (Wildman–Crippen MR) is 113 cm³/mol. The van der Waals surface area contributed by atoms with Crippen LogP contribution in [0.25, 0.3) is 20.5 Å². The number of carbonyl (C=O) groups is 1. The summed E-state index contributed by atoms with van der Waals surface area (Å²) >= 11 is 6.99. The molecule has 1 saturated heterocycles. The Morgan fingerprint density at radius 1 is 1.31 bits per heavy atom. The number of hydrogen-bond donors (Lipinski definition) is 2. The molecular weight excluding hydrogens is 432 g/mol. The van der Waals surface area contributed by atoms with Gasteiger partial charge in [-0.05, 0) is 42.4 Å². The highest BCUT2D eigenvalue weighted by Crippen LogP contribution is 2.38. The molecule has 26 heavy (non-hydrogen) atoms. The van der Waals surface area contributed by atoms with Crippen molar-refractivity contribution in [3.63, 3.8) is 0 Å². The number of amides is 1. The number of rotatable bonds is 4. The van der Waals surface area contributed by atoms with E-state index < -0.39 is 5.91 Å². The molecule has 1 fully saturated rings. The molecule has 8 heteroatoms. The summed E-state index contributed by atoms with van der Waals surface area (Å²) in [5, 5.41) is 12.8. The van der Waals surface area contributed by atoms with Gasteiger partial charge in [0, 0.05) is 26.5 Å². The number of carbonyl (C=O) groups excluding carboxylic acids is 1. The van der Waals surface area contributed by atoms with Crippen LogP contribution in [-0.2, 0) is 0 Å². The maximum Gasteiger partial charge on any atom is 0.270 e. The summed E-state index contributed by atoms with van der Waals surface area (Å²) in [6.45, 7) is 0. The molecule has 1 amide bonds. The van der Waals surface area contributed by atoms with Crippen molar-refractivity contribution in [3.8, 4) is 10.4 Å². The van der Waals surface area contributed by atoms with Crippen LogP contribution in [0.4, 0.5) is 5.82 Å². The minimum atomic E-state index is -0.551. The van der Waals surface area contributed by atoms with E-state index in [1.807, 2.05) is 30.0 Å². The molecule has 0 radical (unpaired) electrons. The van der Waals surface area contributed by atoms with Gasteiger partial charge in [0.15, 0.2) is 11.5 Å². The second kappa shape index (κ2) is 7.54. The van der Waals surface area contributed by atoms with E-state index in [2.05, 4.69) is 43.6 Å².